The van der Waals surface area contributed by atoms with Crippen LogP contribution in [0.2, 0.25) is 5.02 Å². The third-order valence-corrected chi connectivity index (χ3v) is 3.91. The molecule has 0 spiro atoms. The predicted octanol–water partition coefficient (Wildman–Crippen LogP) is 3.12. The van der Waals surface area contributed by atoms with Crippen LogP contribution in [0.25, 0.3) is 0 Å². The molecule has 0 aromatic heterocycles. The van der Waals surface area contributed by atoms with Gasteiger partial charge in [-0.2, -0.15) is 0 Å². The molecule has 17 heavy (non-hydrogen) atoms. The first kappa shape index (κ1) is 12.7. The fourth-order valence-corrected chi connectivity index (χ4v) is 2.63. The molecule has 94 valence electrons. The van der Waals surface area contributed by atoms with Crippen molar-refractivity contribution in [3.05, 3.63) is 29.3 Å². The summed E-state index contributed by atoms with van der Waals surface area (Å²) in [6, 6.07) is 8.81. The standard InChI is InChI=1S/C14H21ClN2/c1-11(2)14-10-17(9-8-16(14)3)13-6-4-12(15)5-7-13/h4-7,11,14H,8-10H2,1-3H3. The summed E-state index contributed by atoms with van der Waals surface area (Å²) < 4.78 is 0. The van der Waals surface area contributed by atoms with Crippen LogP contribution in [-0.2, 0) is 0 Å². The number of benzene rings is 1. The van der Waals surface area contributed by atoms with Gasteiger partial charge >= 0.3 is 0 Å². The van der Waals surface area contributed by atoms with Crippen molar-refractivity contribution < 1.29 is 0 Å². The monoisotopic (exact) mass is 252 g/mol. The van der Waals surface area contributed by atoms with Crippen molar-refractivity contribution in [1.29, 1.82) is 0 Å². The second kappa shape index (κ2) is 5.28. The number of rotatable bonds is 2. The quantitative estimate of drug-likeness (QED) is 0.798. The van der Waals surface area contributed by atoms with Gasteiger partial charge in [0.05, 0.1) is 0 Å². The molecule has 1 unspecified atom stereocenters. The molecule has 1 aliphatic heterocycles. The first-order valence-electron chi connectivity index (χ1n) is 6.28. The Kier molecular flexibility index (Phi) is 3.95. The highest BCUT2D eigenvalue weighted by Crippen LogP contribution is 2.23. The normalized spacial score (nSPS) is 22.2. The van der Waals surface area contributed by atoms with Crippen LogP contribution < -0.4 is 4.90 Å². The van der Waals surface area contributed by atoms with E-state index in [1.54, 1.807) is 0 Å². The molecule has 1 atom stereocenters. The fourth-order valence-electron chi connectivity index (χ4n) is 2.51. The molecule has 0 radical (unpaired) electrons. The van der Waals surface area contributed by atoms with Crippen molar-refractivity contribution in [3.8, 4) is 0 Å². The molecule has 0 bridgehead atoms. The molecule has 2 rings (SSSR count). The maximum atomic E-state index is 5.93. The largest absolute Gasteiger partial charge is 0.369 e. The molecule has 1 aromatic rings. The van der Waals surface area contributed by atoms with E-state index in [1.165, 1.54) is 5.69 Å². The second-order valence-electron chi connectivity index (χ2n) is 5.21. The lowest BCUT2D eigenvalue weighted by Crippen LogP contribution is -2.53. The lowest BCUT2D eigenvalue weighted by Gasteiger charge is -2.42. The fraction of sp³-hybridized carbons (Fsp3) is 0.571. The molecule has 1 saturated heterocycles. The molecule has 0 aliphatic carbocycles. The third kappa shape index (κ3) is 2.93. The molecule has 1 aliphatic rings. The smallest absolute Gasteiger partial charge is 0.0407 e. The number of piperazine rings is 1. The Morgan fingerprint density at radius 1 is 1.18 bits per heavy atom. The van der Waals surface area contributed by atoms with Gasteiger partial charge in [0.15, 0.2) is 0 Å². The Morgan fingerprint density at radius 3 is 2.41 bits per heavy atom. The van der Waals surface area contributed by atoms with E-state index in [2.05, 4.69) is 42.8 Å². The van der Waals surface area contributed by atoms with Gasteiger partial charge in [-0.05, 0) is 37.2 Å². The average Bonchev–Trinajstić information content (AvgIpc) is 2.30. The SMILES string of the molecule is CC(C)C1CN(c2ccc(Cl)cc2)CCN1C. The van der Waals surface area contributed by atoms with E-state index >= 15 is 0 Å². The summed E-state index contributed by atoms with van der Waals surface area (Å²) in [5, 5.41) is 0.809. The van der Waals surface area contributed by atoms with Gasteiger partial charge in [-0.25, -0.2) is 0 Å². The van der Waals surface area contributed by atoms with Crippen molar-refractivity contribution in [2.24, 2.45) is 5.92 Å². The number of likely N-dealkylation sites (N-methyl/N-ethyl adjacent to an activating group) is 1. The van der Waals surface area contributed by atoms with E-state index in [9.17, 15) is 0 Å². The van der Waals surface area contributed by atoms with Gasteiger partial charge < -0.3 is 4.90 Å². The van der Waals surface area contributed by atoms with Crippen LogP contribution in [0.3, 0.4) is 0 Å². The minimum atomic E-state index is 0.638. The molecule has 2 nitrogen and oxygen atoms in total. The van der Waals surface area contributed by atoms with Gasteiger partial charge in [0.25, 0.3) is 0 Å². The second-order valence-corrected chi connectivity index (χ2v) is 5.65. The van der Waals surface area contributed by atoms with Crippen molar-refractivity contribution in [2.45, 2.75) is 19.9 Å². The minimum absolute atomic E-state index is 0.638. The van der Waals surface area contributed by atoms with Gasteiger partial charge in [0.1, 0.15) is 0 Å². The summed E-state index contributed by atoms with van der Waals surface area (Å²) in [5.41, 5.74) is 1.29. The summed E-state index contributed by atoms with van der Waals surface area (Å²) >= 11 is 5.93. The zero-order chi connectivity index (χ0) is 12.4. The summed E-state index contributed by atoms with van der Waals surface area (Å²) in [6.45, 7) is 7.93. The molecule has 0 N–H and O–H groups in total. The molecule has 1 aromatic carbocycles. The number of halogens is 1. The first-order chi connectivity index (χ1) is 8.08. The molecule has 0 saturated carbocycles. The summed E-state index contributed by atoms with van der Waals surface area (Å²) in [6.07, 6.45) is 0. The third-order valence-electron chi connectivity index (χ3n) is 3.66. The number of hydrogen-bond donors (Lipinski definition) is 0. The van der Waals surface area contributed by atoms with Crippen LogP contribution in [-0.4, -0.2) is 37.6 Å². The number of hydrogen-bond acceptors (Lipinski definition) is 2. The summed E-state index contributed by atoms with van der Waals surface area (Å²) in [4.78, 5) is 4.93. The number of anilines is 1. The van der Waals surface area contributed by atoms with E-state index in [0.29, 0.717) is 12.0 Å². The van der Waals surface area contributed by atoms with E-state index < -0.39 is 0 Å². The maximum absolute atomic E-state index is 5.93. The van der Waals surface area contributed by atoms with Gasteiger partial charge in [-0.15, -0.1) is 0 Å². The minimum Gasteiger partial charge on any atom is -0.369 e. The van der Waals surface area contributed by atoms with Crippen LogP contribution in [0.4, 0.5) is 5.69 Å². The topological polar surface area (TPSA) is 6.48 Å². The molecule has 3 heteroatoms. The van der Waals surface area contributed by atoms with E-state index in [-0.39, 0.29) is 0 Å². The Morgan fingerprint density at radius 2 is 1.82 bits per heavy atom. The van der Waals surface area contributed by atoms with Crippen molar-refractivity contribution in [3.63, 3.8) is 0 Å². The van der Waals surface area contributed by atoms with Crippen molar-refractivity contribution in [1.82, 2.24) is 4.90 Å². The molecule has 1 fully saturated rings. The molecular weight excluding hydrogens is 232 g/mol. The average molecular weight is 253 g/mol. The highest BCUT2D eigenvalue weighted by atomic mass is 35.5. The Balaban J connectivity index is 2.10. The van der Waals surface area contributed by atoms with Crippen LogP contribution in [0.1, 0.15) is 13.8 Å². The molecule has 0 amide bonds. The first-order valence-corrected chi connectivity index (χ1v) is 6.66. The Hall–Kier alpha value is -0.730. The lowest BCUT2D eigenvalue weighted by molar-refractivity contribution is 0.173. The summed E-state index contributed by atoms with van der Waals surface area (Å²) in [7, 11) is 2.23. The maximum Gasteiger partial charge on any atom is 0.0407 e. The van der Waals surface area contributed by atoms with E-state index in [4.69, 9.17) is 11.6 Å². The predicted molar refractivity (Wildman–Crippen MR) is 74.9 cm³/mol. The summed E-state index contributed by atoms with van der Waals surface area (Å²) in [5.74, 6) is 0.690. The van der Waals surface area contributed by atoms with Crippen molar-refractivity contribution in [2.75, 3.05) is 31.6 Å². The number of nitrogens with zero attached hydrogens (tertiary/aromatic N) is 2. The lowest BCUT2D eigenvalue weighted by atomic mass is 10.00. The zero-order valence-corrected chi connectivity index (χ0v) is 11.6. The van der Waals surface area contributed by atoms with E-state index in [0.717, 1.165) is 24.7 Å². The highest BCUT2D eigenvalue weighted by Gasteiger charge is 2.26. The van der Waals surface area contributed by atoms with Gasteiger partial charge in [-0.3, -0.25) is 4.90 Å². The molecule has 1 heterocycles. The van der Waals surface area contributed by atoms with Crippen LogP contribution in [0.15, 0.2) is 24.3 Å². The zero-order valence-electron chi connectivity index (χ0n) is 10.9. The van der Waals surface area contributed by atoms with Crippen LogP contribution in [0.5, 0.6) is 0 Å². The van der Waals surface area contributed by atoms with Gasteiger partial charge in [-0.1, -0.05) is 25.4 Å². The highest BCUT2D eigenvalue weighted by molar-refractivity contribution is 6.30. The Labute approximate surface area is 109 Å². The van der Waals surface area contributed by atoms with E-state index in [1.807, 2.05) is 12.1 Å². The van der Waals surface area contributed by atoms with Gasteiger partial charge in [0, 0.05) is 36.4 Å². The van der Waals surface area contributed by atoms with Crippen molar-refractivity contribution >= 4 is 17.3 Å². The Bertz CT molecular complexity index is 361. The van der Waals surface area contributed by atoms with Gasteiger partial charge in [0.2, 0.25) is 0 Å². The van der Waals surface area contributed by atoms with Crippen LogP contribution >= 0.6 is 11.6 Å². The molecular formula is C14H21ClN2. The van der Waals surface area contributed by atoms with Crippen LogP contribution in [0, 0.1) is 5.92 Å².